The molecule has 1 aromatic rings. The summed E-state index contributed by atoms with van der Waals surface area (Å²) in [5.41, 5.74) is 1.09. The monoisotopic (exact) mass is 394 g/mol. The molecule has 1 aliphatic heterocycles. The van der Waals surface area contributed by atoms with Gasteiger partial charge in [0.2, 0.25) is 11.8 Å². The van der Waals surface area contributed by atoms with Gasteiger partial charge in [-0.3, -0.25) is 9.59 Å². The summed E-state index contributed by atoms with van der Waals surface area (Å²) in [5.74, 6) is 0.511. The first-order valence-electron chi connectivity index (χ1n) is 8.56. The molecular formula is C18H23BrN2O3. The van der Waals surface area contributed by atoms with Gasteiger partial charge in [0.1, 0.15) is 6.10 Å². The van der Waals surface area contributed by atoms with Gasteiger partial charge in [0.15, 0.2) is 0 Å². The van der Waals surface area contributed by atoms with Crippen molar-refractivity contribution in [2.75, 3.05) is 26.2 Å². The van der Waals surface area contributed by atoms with E-state index >= 15 is 0 Å². The minimum atomic E-state index is -0.0645. The van der Waals surface area contributed by atoms with Crippen LogP contribution in [0.25, 0.3) is 0 Å². The normalized spacial score (nSPS) is 20.7. The van der Waals surface area contributed by atoms with Gasteiger partial charge >= 0.3 is 0 Å². The quantitative estimate of drug-likeness (QED) is 0.754. The van der Waals surface area contributed by atoms with E-state index in [2.05, 4.69) is 21.2 Å². The van der Waals surface area contributed by atoms with Crippen LogP contribution in [0.3, 0.4) is 0 Å². The minimum absolute atomic E-state index is 0.0645. The molecule has 1 aliphatic carbocycles. The highest BCUT2D eigenvalue weighted by Crippen LogP contribution is 2.28. The number of carbonyl (C=O) groups is 2. The van der Waals surface area contributed by atoms with E-state index in [0.29, 0.717) is 39.1 Å². The van der Waals surface area contributed by atoms with Crippen molar-refractivity contribution in [3.05, 3.63) is 34.3 Å². The number of hydrogen-bond acceptors (Lipinski definition) is 3. The number of morpholine rings is 1. The Bertz CT molecular complexity index is 586. The minimum Gasteiger partial charge on any atom is -0.370 e. The van der Waals surface area contributed by atoms with Crippen molar-refractivity contribution in [2.24, 2.45) is 5.92 Å². The molecule has 1 saturated carbocycles. The number of hydrogen-bond donors (Lipinski definition) is 1. The Balaban J connectivity index is 1.42. The van der Waals surface area contributed by atoms with Crippen LogP contribution in [-0.2, 0) is 14.3 Å². The van der Waals surface area contributed by atoms with E-state index < -0.39 is 0 Å². The number of nitrogens with one attached hydrogen (secondary N) is 1. The Kier molecular flexibility index (Phi) is 5.89. The number of nitrogens with zero attached hydrogens (tertiary/aromatic N) is 1. The van der Waals surface area contributed by atoms with Gasteiger partial charge in [0.25, 0.3) is 0 Å². The molecule has 0 bridgehead atoms. The van der Waals surface area contributed by atoms with Crippen LogP contribution in [0.15, 0.2) is 28.7 Å². The summed E-state index contributed by atoms with van der Waals surface area (Å²) in [5, 5.41) is 2.90. The van der Waals surface area contributed by atoms with Crippen molar-refractivity contribution in [1.82, 2.24) is 10.2 Å². The second-order valence-electron chi connectivity index (χ2n) is 6.42. The Morgan fingerprint density at radius 1 is 1.25 bits per heavy atom. The summed E-state index contributed by atoms with van der Waals surface area (Å²) in [6, 6.07) is 8.02. The predicted molar refractivity (Wildman–Crippen MR) is 94.4 cm³/mol. The Labute approximate surface area is 150 Å². The maximum Gasteiger partial charge on any atom is 0.223 e. The fourth-order valence-electron chi connectivity index (χ4n) is 2.85. The summed E-state index contributed by atoms with van der Waals surface area (Å²) < 4.78 is 6.84. The second-order valence-corrected chi connectivity index (χ2v) is 7.34. The lowest BCUT2D eigenvalue weighted by Crippen LogP contribution is -2.42. The van der Waals surface area contributed by atoms with Crippen LogP contribution >= 0.6 is 15.9 Å². The Hall–Kier alpha value is -1.40. The standard InChI is InChI=1S/C18H23BrN2O3/c19-15-7-5-13(6-8-15)16-12-21(10-11-24-16)17(22)2-1-9-20-18(23)14-3-4-14/h5-8,14,16H,1-4,9-12H2,(H,20,23). The smallest absolute Gasteiger partial charge is 0.223 e. The van der Waals surface area contributed by atoms with Gasteiger partial charge in [-0.05, 0) is 37.0 Å². The van der Waals surface area contributed by atoms with Gasteiger partial charge in [-0.15, -0.1) is 0 Å². The van der Waals surface area contributed by atoms with Gasteiger partial charge in [-0.1, -0.05) is 28.1 Å². The van der Waals surface area contributed by atoms with E-state index in [9.17, 15) is 9.59 Å². The number of amides is 2. The second kappa shape index (κ2) is 8.12. The van der Waals surface area contributed by atoms with Gasteiger partial charge < -0.3 is 15.0 Å². The zero-order chi connectivity index (χ0) is 16.9. The van der Waals surface area contributed by atoms with Crippen LogP contribution in [0.5, 0.6) is 0 Å². The van der Waals surface area contributed by atoms with Gasteiger partial charge in [0.05, 0.1) is 13.2 Å². The maximum atomic E-state index is 12.4. The SMILES string of the molecule is O=C(NCCCC(=O)N1CCOC(c2ccc(Br)cc2)C1)C1CC1. The summed E-state index contributed by atoms with van der Waals surface area (Å²) >= 11 is 3.43. The number of benzene rings is 1. The molecule has 3 rings (SSSR count). The van der Waals surface area contributed by atoms with Crippen LogP contribution in [0, 0.1) is 5.92 Å². The maximum absolute atomic E-state index is 12.4. The predicted octanol–water partition coefficient (Wildman–Crippen LogP) is 2.66. The third-order valence-electron chi connectivity index (χ3n) is 4.48. The molecule has 0 aromatic heterocycles. The average Bonchev–Trinajstić information content (AvgIpc) is 3.44. The first kappa shape index (κ1) is 17.4. The molecule has 1 heterocycles. The van der Waals surface area contributed by atoms with E-state index in [1.165, 1.54) is 0 Å². The molecule has 6 heteroatoms. The average molecular weight is 395 g/mol. The molecule has 2 amide bonds. The molecule has 5 nitrogen and oxygen atoms in total. The van der Waals surface area contributed by atoms with Crippen molar-refractivity contribution in [1.29, 1.82) is 0 Å². The first-order chi connectivity index (χ1) is 11.6. The van der Waals surface area contributed by atoms with Crippen molar-refractivity contribution in [2.45, 2.75) is 31.8 Å². The lowest BCUT2D eigenvalue weighted by molar-refractivity contribution is -0.139. The molecule has 1 aromatic carbocycles. The Morgan fingerprint density at radius 2 is 2.00 bits per heavy atom. The highest BCUT2D eigenvalue weighted by atomic mass is 79.9. The van der Waals surface area contributed by atoms with Gasteiger partial charge in [0, 0.05) is 29.9 Å². The third kappa shape index (κ3) is 4.80. The fourth-order valence-corrected chi connectivity index (χ4v) is 3.12. The first-order valence-corrected chi connectivity index (χ1v) is 9.35. The number of carbonyl (C=O) groups excluding carboxylic acids is 2. The summed E-state index contributed by atoms with van der Waals surface area (Å²) in [6.45, 7) is 2.38. The summed E-state index contributed by atoms with van der Waals surface area (Å²) in [4.78, 5) is 25.8. The van der Waals surface area contributed by atoms with Crippen LogP contribution in [0.4, 0.5) is 0 Å². The van der Waals surface area contributed by atoms with Gasteiger partial charge in [-0.25, -0.2) is 0 Å². The fraction of sp³-hybridized carbons (Fsp3) is 0.556. The number of halogens is 1. The molecule has 1 atom stereocenters. The van der Waals surface area contributed by atoms with Crippen molar-refractivity contribution in [3.63, 3.8) is 0 Å². The number of rotatable bonds is 6. The van der Waals surface area contributed by atoms with Crippen molar-refractivity contribution < 1.29 is 14.3 Å². The van der Waals surface area contributed by atoms with Crippen LogP contribution in [0.2, 0.25) is 0 Å². The molecule has 0 radical (unpaired) electrons. The van der Waals surface area contributed by atoms with Crippen LogP contribution < -0.4 is 5.32 Å². The van der Waals surface area contributed by atoms with Crippen molar-refractivity contribution >= 4 is 27.7 Å². The molecule has 1 saturated heterocycles. The number of ether oxygens (including phenoxy) is 1. The van der Waals surface area contributed by atoms with E-state index in [1.807, 2.05) is 29.2 Å². The molecule has 24 heavy (non-hydrogen) atoms. The Morgan fingerprint density at radius 3 is 2.71 bits per heavy atom. The summed E-state index contributed by atoms with van der Waals surface area (Å²) in [6.07, 6.45) is 3.12. The topological polar surface area (TPSA) is 58.6 Å². The van der Waals surface area contributed by atoms with Crippen LogP contribution in [-0.4, -0.2) is 43.0 Å². The zero-order valence-corrected chi connectivity index (χ0v) is 15.3. The molecule has 130 valence electrons. The highest BCUT2D eigenvalue weighted by Gasteiger charge is 2.29. The van der Waals surface area contributed by atoms with E-state index in [0.717, 1.165) is 22.9 Å². The molecular weight excluding hydrogens is 372 g/mol. The van der Waals surface area contributed by atoms with E-state index in [-0.39, 0.29) is 23.8 Å². The van der Waals surface area contributed by atoms with Crippen molar-refractivity contribution in [3.8, 4) is 0 Å². The lowest BCUT2D eigenvalue weighted by Gasteiger charge is -2.33. The molecule has 2 fully saturated rings. The molecule has 1 unspecified atom stereocenters. The largest absolute Gasteiger partial charge is 0.370 e. The van der Waals surface area contributed by atoms with Gasteiger partial charge in [-0.2, -0.15) is 0 Å². The van der Waals surface area contributed by atoms with E-state index in [4.69, 9.17) is 4.74 Å². The third-order valence-corrected chi connectivity index (χ3v) is 5.00. The van der Waals surface area contributed by atoms with Crippen LogP contribution in [0.1, 0.15) is 37.4 Å². The lowest BCUT2D eigenvalue weighted by atomic mass is 10.1. The molecule has 0 spiro atoms. The zero-order valence-electron chi connectivity index (χ0n) is 13.7. The molecule has 1 N–H and O–H groups in total. The molecule has 2 aliphatic rings. The highest BCUT2D eigenvalue weighted by molar-refractivity contribution is 9.10. The van der Waals surface area contributed by atoms with E-state index in [1.54, 1.807) is 0 Å². The summed E-state index contributed by atoms with van der Waals surface area (Å²) in [7, 11) is 0.